The van der Waals surface area contributed by atoms with E-state index in [9.17, 15) is 5.11 Å². The Morgan fingerprint density at radius 3 is 2.00 bits per heavy atom. The van der Waals surface area contributed by atoms with Gasteiger partial charge in [0, 0.05) is 6.07 Å². The molecule has 3 aromatic carbocycles. The summed E-state index contributed by atoms with van der Waals surface area (Å²) in [6.07, 6.45) is 0. The molecule has 0 aliphatic rings. The van der Waals surface area contributed by atoms with Crippen LogP contribution in [0.15, 0.2) is 83.3 Å². The number of hydrogen-bond donors (Lipinski definition) is 1. The Hall–Kier alpha value is -3.07. The largest absolute Gasteiger partial charge is 0.508 e. The number of fused-ring (bicyclic) bond motifs is 1. The van der Waals surface area contributed by atoms with Crippen molar-refractivity contribution >= 4 is 11.1 Å². The summed E-state index contributed by atoms with van der Waals surface area (Å²) in [7, 11) is 0. The van der Waals surface area contributed by atoms with Gasteiger partial charge >= 0.3 is 0 Å². The Kier molecular flexibility index (Phi) is 3.31. The summed E-state index contributed by atoms with van der Waals surface area (Å²) >= 11 is 0. The summed E-state index contributed by atoms with van der Waals surface area (Å²) < 4.78 is 5.97. The number of nitrogens with zero attached hydrogens (tertiary/aromatic N) is 1. The average molecular weight is 301 g/mol. The summed E-state index contributed by atoms with van der Waals surface area (Å²) in [5, 5.41) is 9.63. The van der Waals surface area contributed by atoms with E-state index < -0.39 is 0 Å². The van der Waals surface area contributed by atoms with Gasteiger partial charge in [-0.25, -0.2) is 4.98 Å². The predicted octanol–water partition coefficient (Wildman–Crippen LogP) is 4.71. The SMILES string of the molecule is Oc1ccc2oc(C(c3ccccc3)c3ccccc3)nc2c1. The van der Waals surface area contributed by atoms with Crippen molar-refractivity contribution in [3.05, 3.63) is 95.9 Å². The van der Waals surface area contributed by atoms with Gasteiger partial charge in [0.05, 0.1) is 5.92 Å². The molecule has 0 fully saturated rings. The highest BCUT2D eigenvalue weighted by Crippen LogP contribution is 2.33. The van der Waals surface area contributed by atoms with Gasteiger partial charge in [0.1, 0.15) is 11.3 Å². The standard InChI is InChI=1S/C20H15NO2/c22-16-11-12-18-17(13-16)21-20(23-18)19(14-7-3-1-4-8-14)15-9-5-2-6-10-15/h1-13,19,22H. The fraction of sp³-hybridized carbons (Fsp3) is 0.0500. The molecule has 1 N–H and O–H groups in total. The molecule has 1 heterocycles. The molecule has 0 aliphatic carbocycles. The van der Waals surface area contributed by atoms with Gasteiger partial charge in [0.15, 0.2) is 5.58 Å². The van der Waals surface area contributed by atoms with Crippen molar-refractivity contribution in [3.63, 3.8) is 0 Å². The van der Waals surface area contributed by atoms with Crippen molar-refractivity contribution in [1.29, 1.82) is 0 Å². The molecule has 23 heavy (non-hydrogen) atoms. The average Bonchev–Trinajstić information content (AvgIpc) is 2.99. The molecule has 4 aromatic rings. The van der Waals surface area contributed by atoms with Crippen molar-refractivity contribution in [2.75, 3.05) is 0 Å². The number of phenols is 1. The van der Waals surface area contributed by atoms with Gasteiger partial charge in [0.25, 0.3) is 0 Å². The van der Waals surface area contributed by atoms with E-state index >= 15 is 0 Å². The Morgan fingerprint density at radius 1 is 0.783 bits per heavy atom. The lowest BCUT2D eigenvalue weighted by Crippen LogP contribution is -2.03. The van der Waals surface area contributed by atoms with Crippen molar-refractivity contribution < 1.29 is 9.52 Å². The molecular weight excluding hydrogens is 286 g/mol. The molecule has 0 saturated heterocycles. The van der Waals surface area contributed by atoms with Crippen molar-refractivity contribution in [2.24, 2.45) is 0 Å². The van der Waals surface area contributed by atoms with Crippen LogP contribution >= 0.6 is 0 Å². The van der Waals surface area contributed by atoms with E-state index in [1.54, 1.807) is 18.2 Å². The maximum atomic E-state index is 9.63. The van der Waals surface area contributed by atoms with Gasteiger partial charge < -0.3 is 9.52 Å². The second kappa shape index (κ2) is 5.61. The Bertz CT molecular complexity index is 890. The second-order valence-electron chi connectivity index (χ2n) is 5.46. The van der Waals surface area contributed by atoms with E-state index in [4.69, 9.17) is 4.42 Å². The molecule has 0 radical (unpaired) electrons. The molecule has 0 aliphatic heterocycles. The molecular formula is C20H15NO2. The number of rotatable bonds is 3. The van der Waals surface area contributed by atoms with Crippen LogP contribution in [-0.4, -0.2) is 10.1 Å². The first-order valence-corrected chi connectivity index (χ1v) is 7.50. The predicted molar refractivity (Wildman–Crippen MR) is 89.5 cm³/mol. The Balaban J connectivity index is 1.90. The maximum absolute atomic E-state index is 9.63. The van der Waals surface area contributed by atoms with Crippen molar-refractivity contribution in [1.82, 2.24) is 4.98 Å². The minimum absolute atomic E-state index is 0.0769. The molecule has 0 bridgehead atoms. The summed E-state index contributed by atoms with van der Waals surface area (Å²) in [6, 6.07) is 25.3. The lowest BCUT2D eigenvalue weighted by molar-refractivity contribution is 0.475. The molecule has 112 valence electrons. The van der Waals surface area contributed by atoms with Crippen LogP contribution in [0.2, 0.25) is 0 Å². The van der Waals surface area contributed by atoms with Crippen molar-refractivity contribution in [3.8, 4) is 5.75 Å². The second-order valence-corrected chi connectivity index (χ2v) is 5.46. The monoisotopic (exact) mass is 301 g/mol. The summed E-state index contributed by atoms with van der Waals surface area (Å²) in [4.78, 5) is 4.60. The third-order valence-electron chi connectivity index (χ3n) is 3.90. The van der Waals surface area contributed by atoms with Crippen molar-refractivity contribution in [2.45, 2.75) is 5.92 Å². The first-order chi connectivity index (χ1) is 11.3. The van der Waals surface area contributed by atoms with Crippen LogP contribution in [0.4, 0.5) is 0 Å². The molecule has 0 amide bonds. The van der Waals surface area contributed by atoms with Gasteiger partial charge in [-0.15, -0.1) is 0 Å². The van der Waals surface area contributed by atoms with E-state index in [1.165, 1.54) is 0 Å². The van der Waals surface area contributed by atoms with Crippen LogP contribution in [0.3, 0.4) is 0 Å². The number of benzene rings is 3. The minimum Gasteiger partial charge on any atom is -0.508 e. The minimum atomic E-state index is -0.0769. The zero-order valence-corrected chi connectivity index (χ0v) is 12.4. The lowest BCUT2D eigenvalue weighted by Gasteiger charge is -2.14. The van der Waals surface area contributed by atoms with Crippen LogP contribution < -0.4 is 0 Å². The lowest BCUT2D eigenvalue weighted by atomic mass is 9.91. The number of aromatic hydroxyl groups is 1. The highest BCUT2D eigenvalue weighted by atomic mass is 16.3. The van der Waals surface area contributed by atoms with E-state index in [-0.39, 0.29) is 11.7 Å². The first kappa shape index (κ1) is 13.6. The topological polar surface area (TPSA) is 46.3 Å². The normalized spacial score (nSPS) is 11.2. The van der Waals surface area contributed by atoms with Gasteiger partial charge in [-0.1, -0.05) is 60.7 Å². The third kappa shape index (κ3) is 2.57. The Labute approximate surface area is 133 Å². The third-order valence-corrected chi connectivity index (χ3v) is 3.90. The number of phenolic OH excluding ortho intramolecular Hbond substituents is 1. The fourth-order valence-electron chi connectivity index (χ4n) is 2.83. The zero-order valence-electron chi connectivity index (χ0n) is 12.4. The fourth-order valence-corrected chi connectivity index (χ4v) is 2.83. The van der Waals surface area contributed by atoms with Gasteiger partial charge in [-0.05, 0) is 23.3 Å². The highest BCUT2D eigenvalue weighted by Gasteiger charge is 2.22. The van der Waals surface area contributed by atoms with Gasteiger partial charge in [-0.2, -0.15) is 0 Å². The van der Waals surface area contributed by atoms with E-state index in [2.05, 4.69) is 29.2 Å². The molecule has 1 aromatic heterocycles. The van der Waals surface area contributed by atoms with Crippen LogP contribution in [0.25, 0.3) is 11.1 Å². The van der Waals surface area contributed by atoms with Crippen LogP contribution in [0, 0.1) is 0 Å². The van der Waals surface area contributed by atoms with Gasteiger partial charge in [0.2, 0.25) is 5.89 Å². The van der Waals surface area contributed by atoms with Crippen LogP contribution in [0.5, 0.6) is 5.75 Å². The molecule has 3 heteroatoms. The molecule has 0 atom stereocenters. The van der Waals surface area contributed by atoms with Crippen LogP contribution in [0.1, 0.15) is 22.9 Å². The maximum Gasteiger partial charge on any atom is 0.207 e. The molecule has 4 rings (SSSR count). The number of oxazole rings is 1. The van der Waals surface area contributed by atoms with E-state index in [1.807, 2.05) is 36.4 Å². The van der Waals surface area contributed by atoms with E-state index in [0.29, 0.717) is 17.0 Å². The molecule has 0 spiro atoms. The summed E-state index contributed by atoms with van der Waals surface area (Å²) in [5.41, 5.74) is 3.58. The quantitative estimate of drug-likeness (QED) is 0.596. The first-order valence-electron chi connectivity index (χ1n) is 7.50. The Morgan fingerprint density at radius 2 is 1.39 bits per heavy atom. The molecule has 3 nitrogen and oxygen atoms in total. The van der Waals surface area contributed by atoms with Crippen LogP contribution in [-0.2, 0) is 0 Å². The summed E-state index contributed by atoms with van der Waals surface area (Å²) in [5.74, 6) is 0.739. The highest BCUT2D eigenvalue weighted by molar-refractivity contribution is 5.74. The number of aromatic nitrogens is 1. The molecule has 0 unspecified atom stereocenters. The van der Waals surface area contributed by atoms with Gasteiger partial charge in [-0.3, -0.25) is 0 Å². The smallest absolute Gasteiger partial charge is 0.207 e. The molecule has 0 saturated carbocycles. The number of hydrogen-bond acceptors (Lipinski definition) is 3. The zero-order chi connectivity index (χ0) is 15.6. The van der Waals surface area contributed by atoms with E-state index in [0.717, 1.165) is 11.1 Å². The summed E-state index contributed by atoms with van der Waals surface area (Å²) in [6.45, 7) is 0.